The van der Waals surface area contributed by atoms with Crippen LogP contribution in [0.25, 0.3) is 0 Å². The van der Waals surface area contributed by atoms with Gasteiger partial charge in [-0.1, -0.05) is 0 Å². The van der Waals surface area contributed by atoms with Crippen molar-refractivity contribution in [3.8, 4) is 0 Å². The van der Waals surface area contributed by atoms with E-state index < -0.39 is 18.4 Å². The first-order chi connectivity index (χ1) is 7.93. The molecule has 0 aliphatic carbocycles. The maximum atomic E-state index is 11.4. The number of primary amides is 1. The van der Waals surface area contributed by atoms with E-state index in [2.05, 4.69) is 10.1 Å². The molecule has 0 spiro atoms. The molecule has 100 valence electrons. The molecule has 0 radical (unpaired) electrons. The second-order valence-electron chi connectivity index (χ2n) is 4.62. The third-order valence-corrected chi connectivity index (χ3v) is 3.06. The van der Waals surface area contributed by atoms with E-state index in [0.717, 1.165) is 12.8 Å². The van der Waals surface area contributed by atoms with Crippen molar-refractivity contribution in [3.63, 3.8) is 0 Å². The first-order valence-electron chi connectivity index (χ1n) is 5.85. The van der Waals surface area contributed by atoms with Crippen molar-refractivity contribution in [2.45, 2.75) is 51.4 Å². The average molecular weight is 246 g/mol. The molecule has 1 saturated heterocycles. The number of nitrogens with two attached hydrogens (primary N) is 1. The van der Waals surface area contributed by atoms with Crippen LogP contribution < -0.4 is 11.1 Å². The van der Waals surface area contributed by atoms with Crippen molar-refractivity contribution in [2.75, 3.05) is 7.11 Å². The molecule has 1 aliphatic rings. The van der Waals surface area contributed by atoms with Gasteiger partial charge in [-0.05, 0) is 32.6 Å². The van der Waals surface area contributed by atoms with Crippen LogP contribution in [0.5, 0.6) is 0 Å². The van der Waals surface area contributed by atoms with Crippen LogP contribution in [0, 0.1) is 5.92 Å². The van der Waals surface area contributed by atoms with Crippen molar-refractivity contribution < 1.29 is 19.4 Å². The van der Waals surface area contributed by atoms with E-state index in [0.29, 0.717) is 0 Å². The number of carbonyl (C=O) groups is 1. The third kappa shape index (κ3) is 4.23. The Morgan fingerprint density at radius 1 is 1.47 bits per heavy atom. The van der Waals surface area contributed by atoms with Crippen LogP contribution in [-0.4, -0.2) is 42.8 Å². The minimum absolute atomic E-state index is 0.0519. The lowest BCUT2D eigenvalue weighted by Gasteiger charge is -2.36. The normalized spacial score (nSPS) is 33.1. The lowest BCUT2D eigenvalue weighted by molar-refractivity contribution is -0.138. The number of hydrogen-bond acceptors (Lipinski definition) is 5. The highest BCUT2D eigenvalue weighted by molar-refractivity contribution is 5.80. The Hall–Kier alpha value is -0.690. The number of aliphatic hydroxyl groups excluding tert-OH is 1. The van der Waals surface area contributed by atoms with Gasteiger partial charge in [0.1, 0.15) is 0 Å². The van der Waals surface area contributed by atoms with Gasteiger partial charge in [0.15, 0.2) is 0 Å². The van der Waals surface area contributed by atoms with Gasteiger partial charge in [0, 0.05) is 7.11 Å². The average Bonchev–Trinajstić information content (AvgIpc) is 2.23. The van der Waals surface area contributed by atoms with Gasteiger partial charge >= 0.3 is 0 Å². The van der Waals surface area contributed by atoms with Gasteiger partial charge in [-0.3, -0.25) is 10.1 Å². The van der Waals surface area contributed by atoms with E-state index >= 15 is 0 Å². The van der Waals surface area contributed by atoms with Crippen LogP contribution in [0.15, 0.2) is 0 Å². The van der Waals surface area contributed by atoms with Crippen molar-refractivity contribution in [3.05, 3.63) is 0 Å². The SMILES string of the molecule is COC(O)NC(C(N)=O)C1CC(C)OC(C)C1. The fraction of sp³-hybridized carbons (Fsp3) is 0.909. The van der Waals surface area contributed by atoms with Crippen molar-refractivity contribution >= 4 is 5.91 Å². The zero-order chi connectivity index (χ0) is 13.0. The second-order valence-corrected chi connectivity index (χ2v) is 4.62. The number of aliphatic hydroxyl groups is 1. The van der Waals surface area contributed by atoms with E-state index in [1.54, 1.807) is 0 Å². The van der Waals surface area contributed by atoms with E-state index in [1.165, 1.54) is 7.11 Å². The molecule has 0 aromatic carbocycles. The van der Waals surface area contributed by atoms with Crippen LogP contribution in [-0.2, 0) is 14.3 Å². The smallest absolute Gasteiger partial charge is 0.235 e. The topological polar surface area (TPSA) is 93.8 Å². The fourth-order valence-corrected chi connectivity index (χ4v) is 2.40. The summed E-state index contributed by atoms with van der Waals surface area (Å²) in [6, 6.07) is -0.598. The summed E-state index contributed by atoms with van der Waals surface area (Å²) in [5, 5.41) is 12.0. The van der Waals surface area contributed by atoms with Gasteiger partial charge in [0.05, 0.1) is 18.2 Å². The number of methoxy groups -OCH3 is 1. The number of rotatable bonds is 5. The fourth-order valence-electron chi connectivity index (χ4n) is 2.40. The predicted octanol–water partition coefficient (Wildman–Crippen LogP) is -0.444. The molecule has 1 heterocycles. The van der Waals surface area contributed by atoms with Gasteiger partial charge < -0.3 is 20.3 Å². The Kier molecular flexibility index (Phi) is 5.32. The zero-order valence-electron chi connectivity index (χ0n) is 10.6. The van der Waals surface area contributed by atoms with Gasteiger partial charge in [-0.2, -0.15) is 0 Å². The van der Waals surface area contributed by atoms with Gasteiger partial charge in [-0.25, -0.2) is 0 Å². The molecule has 0 aromatic heterocycles. The lowest BCUT2D eigenvalue weighted by Crippen LogP contribution is -2.53. The molecule has 1 amide bonds. The number of carbonyl (C=O) groups excluding carboxylic acids is 1. The van der Waals surface area contributed by atoms with E-state index in [1.807, 2.05) is 13.8 Å². The summed E-state index contributed by atoms with van der Waals surface area (Å²) in [4.78, 5) is 11.4. The monoisotopic (exact) mass is 246 g/mol. The summed E-state index contributed by atoms with van der Waals surface area (Å²) in [7, 11) is 1.35. The molecule has 17 heavy (non-hydrogen) atoms. The summed E-state index contributed by atoms with van der Waals surface area (Å²) < 4.78 is 10.3. The van der Waals surface area contributed by atoms with Crippen LogP contribution in [0.1, 0.15) is 26.7 Å². The lowest BCUT2D eigenvalue weighted by atomic mass is 9.86. The Labute approximate surface area is 101 Å². The summed E-state index contributed by atoms with van der Waals surface area (Å²) >= 11 is 0. The van der Waals surface area contributed by atoms with Crippen LogP contribution >= 0.6 is 0 Å². The second kappa shape index (κ2) is 6.30. The standard InChI is InChI=1S/C11H22N2O4/c1-6-4-8(5-7(2)17-6)9(10(12)14)13-11(15)16-3/h6-9,11,13,15H,4-5H2,1-3H3,(H2,12,14). The molecular weight excluding hydrogens is 224 g/mol. The first-order valence-corrected chi connectivity index (χ1v) is 5.85. The van der Waals surface area contributed by atoms with Crippen molar-refractivity contribution in [2.24, 2.45) is 11.7 Å². The molecule has 4 unspecified atom stereocenters. The zero-order valence-corrected chi connectivity index (χ0v) is 10.6. The highest BCUT2D eigenvalue weighted by Gasteiger charge is 2.34. The molecule has 4 N–H and O–H groups in total. The summed E-state index contributed by atoms with van der Waals surface area (Å²) in [5.41, 5.74) is 5.35. The molecule has 1 aliphatic heterocycles. The molecule has 1 rings (SSSR count). The van der Waals surface area contributed by atoms with E-state index in [-0.39, 0.29) is 18.1 Å². The van der Waals surface area contributed by atoms with Crippen molar-refractivity contribution in [1.29, 1.82) is 0 Å². The maximum absolute atomic E-state index is 11.4. The number of amides is 1. The Morgan fingerprint density at radius 2 is 2.00 bits per heavy atom. The van der Waals surface area contributed by atoms with Crippen LogP contribution in [0.2, 0.25) is 0 Å². The van der Waals surface area contributed by atoms with Crippen LogP contribution in [0.4, 0.5) is 0 Å². The molecule has 6 nitrogen and oxygen atoms in total. The highest BCUT2D eigenvalue weighted by Crippen LogP contribution is 2.27. The maximum Gasteiger partial charge on any atom is 0.235 e. The molecule has 0 saturated carbocycles. The highest BCUT2D eigenvalue weighted by atomic mass is 16.6. The predicted molar refractivity (Wildman–Crippen MR) is 61.9 cm³/mol. The third-order valence-electron chi connectivity index (χ3n) is 3.06. The molecule has 0 aromatic rings. The van der Waals surface area contributed by atoms with Crippen LogP contribution in [0.3, 0.4) is 0 Å². The van der Waals surface area contributed by atoms with Gasteiger partial charge in [0.2, 0.25) is 12.3 Å². The first kappa shape index (κ1) is 14.4. The largest absolute Gasteiger partial charge is 0.376 e. The minimum Gasteiger partial charge on any atom is -0.376 e. The minimum atomic E-state index is -1.18. The molecule has 0 bridgehead atoms. The van der Waals surface area contributed by atoms with E-state index in [4.69, 9.17) is 10.5 Å². The Morgan fingerprint density at radius 3 is 2.41 bits per heavy atom. The molecule has 6 heteroatoms. The Bertz CT molecular complexity index is 252. The number of hydrogen-bond donors (Lipinski definition) is 3. The van der Waals surface area contributed by atoms with Gasteiger partial charge in [-0.15, -0.1) is 0 Å². The van der Waals surface area contributed by atoms with Gasteiger partial charge in [0.25, 0.3) is 0 Å². The summed E-state index contributed by atoms with van der Waals surface area (Å²) in [6.07, 6.45) is 0.475. The quantitative estimate of drug-likeness (QED) is 0.572. The summed E-state index contributed by atoms with van der Waals surface area (Å²) in [6.45, 7) is 3.93. The molecule has 4 atom stereocenters. The van der Waals surface area contributed by atoms with Crippen molar-refractivity contribution in [1.82, 2.24) is 5.32 Å². The number of nitrogens with one attached hydrogen (secondary N) is 1. The number of ether oxygens (including phenoxy) is 2. The summed E-state index contributed by atoms with van der Waals surface area (Å²) in [5.74, 6) is -0.427. The Balaban J connectivity index is 2.66. The van der Waals surface area contributed by atoms with E-state index in [9.17, 15) is 9.90 Å². The molecule has 1 fully saturated rings. The molecular formula is C11H22N2O4.